The van der Waals surface area contributed by atoms with Crippen LogP contribution in [-0.2, 0) is 14.3 Å². The zero-order chi connectivity index (χ0) is 16.7. The van der Waals surface area contributed by atoms with Gasteiger partial charge in [0, 0.05) is 12.1 Å². The lowest BCUT2D eigenvalue weighted by atomic mass is 9.86. The summed E-state index contributed by atoms with van der Waals surface area (Å²) in [7, 11) is 0. The van der Waals surface area contributed by atoms with Crippen LogP contribution in [0.1, 0.15) is 32.6 Å². The van der Waals surface area contributed by atoms with Gasteiger partial charge in [0.05, 0.1) is 0 Å². The van der Waals surface area contributed by atoms with Crippen molar-refractivity contribution < 1.29 is 23.5 Å². The van der Waals surface area contributed by atoms with Gasteiger partial charge in [-0.25, -0.2) is 9.18 Å². The van der Waals surface area contributed by atoms with E-state index in [-0.39, 0.29) is 30.9 Å². The highest BCUT2D eigenvalue weighted by Crippen LogP contribution is 2.23. The first-order valence-electron chi connectivity index (χ1n) is 7.88. The lowest BCUT2D eigenvalue weighted by Gasteiger charge is -2.29. The summed E-state index contributed by atoms with van der Waals surface area (Å²) in [6.07, 6.45) is 4.37. The normalized spacial score (nSPS) is 20.6. The average molecular weight is 323 g/mol. The van der Waals surface area contributed by atoms with Crippen LogP contribution in [0.3, 0.4) is 0 Å². The van der Waals surface area contributed by atoms with Crippen molar-refractivity contribution in [3.05, 3.63) is 30.1 Å². The second-order valence-electron chi connectivity index (χ2n) is 5.84. The van der Waals surface area contributed by atoms with Crippen LogP contribution < -0.4 is 10.1 Å². The van der Waals surface area contributed by atoms with Gasteiger partial charge in [0.1, 0.15) is 11.6 Å². The van der Waals surface area contributed by atoms with Crippen LogP contribution in [0.4, 0.5) is 4.39 Å². The van der Waals surface area contributed by atoms with E-state index in [0.717, 1.165) is 19.3 Å². The summed E-state index contributed by atoms with van der Waals surface area (Å²) in [6.45, 7) is 1.42. The number of esters is 1. The van der Waals surface area contributed by atoms with Crippen LogP contribution in [-0.4, -0.2) is 31.1 Å². The maximum Gasteiger partial charge on any atom is 0.344 e. The Hall–Kier alpha value is -2.11. The summed E-state index contributed by atoms with van der Waals surface area (Å²) in [4.78, 5) is 23.3. The minimum Gasteiger partial charge on any atom is -0.482 e. The van der Waals surface area contributed by atoms with Gasteiger partial charge >= 0.3 is 5.97 Å². The van der Waals surface area contributed by atoms with E-state index in [0.29, 0.717) is 5.92 Å². The van der Waals surface area contributed by atoms with E-state index in [1.165, 1.54) is 30.7 Å². The minimum absolute atomic E-state index is 0.151. The predicted molar refractivity (Wildman–Crippen MR) is 82.4 cm³/mol. The molecule has 0 saturated heterocycles. The third kappa shape index (κ3) is 5.88. The molecular formula is C17H22FNO4. The van der Waals surface area contributed by atoms with Crippen LogP contribution in [0.2, 0.25) is 0 Å². The molecule has 6 heteroatoms. The van der Waals surface area contributed by atoms with Crippen LogP contribution in [0, 0.1) is 11.7 Å². The van der Waals surface area contributed by atoms with Crippen molar-refractivity contribution in [2.75, 3.05) is 13.2 Å². The molecule has 23 heavy (non-hydrogen) atoms. The Morgan fingerprint density at radius 3 is 2.78 bits per heavy atom. The van der Waals surface area contributed by atoms with E-state index >= 15 is 0 Å². The number of halogens is 1. The molecule has 0 aliphatic heterocycles. The third-order valence-electron chi connectivity index (χ3n) is 3.97. The SMILES string of the molecule is C[C@H]1CCCC[C@@H]1NC(=O)COC(=O)COc1cccc(F)c1. The van der Waals surface area contributed by atoms with Gasteiger partial charge in [-0.2, -0.15) is 0 Å². The lowest BCUT2D eigenvalue weighted by molar-refractivity contribution is -0.150. The van der Waals surface area contributed by atoms with Crippen molar-refractivity contribution in [3.8, 4) is 5.75 Å². The van der Waals surface area contributed by atoms with Gasteiger partial charge < -0.3 is 14.8 Å². The monoisotopic (exact) mass is 323 g/mol. The van der Waals surface area contributed by atoms with Crippen LogP contribution in [0.15, 0.2) is 24.3 Å². The number of hydrogen-bond acceptors (Lipinski definition) is 4. The predicted octanol–water partition coefficient (Wildman–Crippen LogP) is 2.44. The number of ether oxygens (including phenoxy) is 2. The molecule has 1 aliphatic rings. The third-order valence-corrected chi connectivity index (χ3v) is 3.97. The smallest absolute Gasteiger partial charge is 0.344 e. The van der Waals surface area contributed by atoms with Crippen molar-refractivity contribution in [2.45, 2.75) is 38.6 Å². The van der Waals surface area contributed by atoms with Gasteiger partial charge in [0.15, 0.2) is 13.2 Å². The summed E-state index contributed by atoms with van der Waals surface area (Å²) in [5.74, 6) is -0.733. The molecule has 1 N–H and O–H groups in total. The number of carbonyl (C=O) groups excluding carboxylic acids is 2. The molecule has 0 heterocycles. The summed E-state index contributed by atoms with van der Waals surface area (Å²) < 4.78 is 22.9. The number of benzene rings is 1. The zero-order valence-electron chi connectivity index (χ0n) is 13.2. The molecule has 2 atom stereocenters. The largest absolute Gasteiger partial charge is 0.482 e. The van der Waals surface area contributed by atoms with E-state index < -0.39 is 11.8 Å². The summed E-state index contributed by atoms with van der Waals surface area (Å²) >= 11 is 0. The first-order chi connectivity index (χ1) is 11.0. The van der Waals surface area contributed by atoms with E-state index in [4.69, 9.17) is 9.47 Å². The Morgan fingerprint density at radius 1 is 1.26 bits per heavy atom. The van der Waals surface area contributed by atoms with E-state index in [2.05, 4.69) is 12.2 Å². The molecule has 5 nitrogen and oxygen atoms in total. The second-order valence-corrected chi connectivity index (χ2v) is 5.84. The molecule has 126 valence electrons. The number of amides is 1. The molecule has 0 radical (unpaired) electrons. The Balaban J connectivity index is 1.66. The summed E-state index contributed by atoms with van der Waals surface area (Å²) in [5.41, 5.74) is 0. The molecule has 1 amide bonds. The molecule has 1 fully saturated rings. The molecule has 1 aromatic rings. The van der Waals surface area contributed by atoms with Gasteiger partial charge in [-0.1, -0.05) is 25.8 Å². The van der Waals surface area contributed by atoms with Crippen LogP contribution >= 0.6 is 0 Å². The molecule has 0 unspecified atom stereocenters. The Labute approximate surface area is 135 Å². The highest BCUT2D eigenvalue weighted by atomic mass is 19.1. The molecule has 0 spiro atoms. The van der Waals surface area contributed by atoms with Crippen molar-refractivity contribution in [3.63, 3.8) is 0 Å². The van der Waals surface area contributed by atoms with Crippen molar-refractivity contribution in [1.82, 2.24) is 5.32 Å². The highest BCUT2D eigenvalue weighted by molar-refractivity contribution is 5.81. The quantitative estimate of drug-likeness (QED) is 0.817. The molecule has 1 aromatic carbocycles. The average Bonchev–Trinajstić information content (AvgIpc) is 2.53. The van der Waals surface area contributed by atoms with Crippen molar-refractivity contribution in [2.24, 2.45) is 5.92 Å². The highest BCUT2D eigenvalue weighted by Gasteiger charge is 2.23. The van der Waals surface area contributed by atoms with Crippen molar-refractivity contribution in [1.29, 1.82) is 0 Å². The lowest BCUT2D eigenvalue weighted by Crippen LogP contribution is -2.43. The Morgan fingerprint density at radius 2 is 2.04 bits per heavy atom. The number of carbonyl (C=O) groups is 2. The fourth-order valence-electron chi connectivity index (χ4n) is 2.67. The van der Waals surface area contributed by atoms with E-state index in [9.17, 15) is 14.0 Å². The number of rotatable bonds is 6. The molecule has 0 bridgehead atoms. The maximum atomic E-state index is 13.0. The van der Waals surface area contributed by atoms with Gasteiger partial charge in [0.2, 0.25) is 0 Å². The van der Waals surface area contributed by atoms with Gasteiger partial charge in [-0.15, -0.1) is 0 Å². The first kappa shape index (κ1) is 17.2. The molecular weight excluding hydrogens is 301 g/mol. The first-order valence-corrected chi connectivity index (χ1v) is 7.88. The topological polar surface area (TPSA) is 64.6 Å². The molecule has 2 rings (SSSR count). The Kier molecular flexibility index (Phi) is 6.38. The Bertz CT molecular complexity index is 549. The van der Waals surface area contributed by atoms with E-state index in [1.807, 2.05) is 0 Å². The van der Waals surface area contributed by atoms with Crippen LogP contribution in [0.5, 0.6) is 5.75 Å². The fraction of sp³-hybridized carbons (Fsp3) is 0.529. The minimum atomic E-state index is -0.666. The molecule has 1 saturated carbocycles. The molecule has 1 aliphatic carbocycles. The van der Waals surface area contributed by atoms with Gasteiger partial charge in [0.25, 0.3) is 5.91 Å². The summed E-state index contributed by atoms with van der Waals surface area (Å²) in [6, 6.07) is 5.62. The van der Waals surface area contributed by atoms with Crippen LogP contribution in [0.25, 0.3) is 0 Å². The number of nitrogens with one attached hydrogen (secondary N) is 1. The number of hydrogen-bond donors (Lipinski definition) is 1. The zero-order valence-corrected chi connectivity index (χ0v) is 13.2. The van der Waals surface area contributed by atoms with Gasteiger partial charge in [-0.05, 0) is 30.9 Å². The molecule has 0 aromatic heterocycles. The maximum absolute atomic E-state index is 13.0. The fourth-order valence-corrected chi connectivity index (χ4v) is 2.67. The summed E-state index contributed by atoms with van der Waals surface area (Å²) in [5, 5.41) is 2.90. The van der Waals surface area contributed by atoms with E-state index in [1.54, 1.807) is 0 Å². The van der Waals surface area contributed by atoms with Gasteiger partial charge in [-0.3, -0.25) is 4.79 Å². The second kappa shape index (κ2) is 8.50. The standard InChI is InChI=1S/C17H22FNO4/c1-12-5-2-3-8-15(12)19-16(20)10-23-17(21)11-22-14-7-4-6-13(18)9-14/h4,6-7,9,12,15H,2-3,5,8,10-11H2,1H3,(H,19,20)/t12-,15-/m0/s1. The van der Waals surface area contributed by atoms with Crippen molar-refractivity contribution >= 4 is 11.9 Å².